The Morgan fingerprint density at radius 3 is 2.71 bits per heavy atom. The van der Waals surface area contributed by atoms with Crippen molar-refractivity contribution in [3.8, 4) is 22.3 Å². The van der Waals surface area contributed by atoms with Crippen LogP contribution in [0.1, 0.15) is 34.9 Å². The average Bonchev–Trinajstić information content (AvgIpc) is 3.43. The molecule has 0 saturated carbocycles. The first-order valence-electron chi connectivity index (χ1n) is 8.97. The van der Waals surface area contributed by atoms with Gasteiger partial charge in [0.05, 0.1) is 20.3 Å². The van der Waals surface area contributed by atoms with Gasteiger partial charge in [-0.25, -0.2) is 15.0 Å². The molecule has 3 heterocycles. The van der Waals surface area contributed by atoms with Gasteiger partial charge in [0, 0.05) is 24.3 Å². The summed E-state index contributed by atoms with van der Waals surface area (Å²) in [6.45, 7) is 0.701. The highest BCUT2D eigenvalue weighted by atomic mass is 32.1. The zero-order valence-electron chi connectivity index (χ0n) is 15.7. The number of likely N-dealkylation sites (tertiary alicyclic amines) is 1. The van der Waals surface area contributed by atoms with Gasteiger partial charge in [-0.05, 0) is 36.6 Å². The Morgan fingerprint density at radius 1 is 1.18 bits per heavy atom. The summed E-state index contributed by atoms with van der Waals surface area (Å²) >= 11 is 1.38. The maximum Gasteiger partial charge on any atom is 0.273 e. The standard InChI is InChI=1S/C20H20N4O3S/c1-26-16-7-6-13(11-17(16)27-2)15-5-3-10-24(15)20(25)14-12-28-19(23-14)18-21-8-4-9-22-18/h4,6-9,11-12,15H,3,5,10H2,1-2H3. The third kappa shape index (κ3) is 3.43. The van der Waals surface area contributed by atoms with Crippen molar-refractivity contribution in [3.63, 3.8) is 0 Å². The lowest BCUT2D eigenvalue weighted by molar-refractivity contribution is 0.0730. The second-order valence-corrected chi connectivity index (χ2v) is 7.24. The van der Waals surface area contributed by atoms with Crippen LogP contribution < -0.4 is 9.47 Å². The van der Waals surface area contributed by atoms with Crippen LogP contribution >= 0.6 is 11.3 Å². The van der Waals surface area contributed by atoms with Gasteiger partial charge in [0.1, 0.15) is 5.69 Å². The van der Waals surface area contributed by atoms with Crippen molar-refractivity contribution in [2.75, 3.05) is 20.8 Å². The Balaban J connectivity index is 1.58. The molecule has 8 heteroatoms. The summed E-state index contributed by atoms with van der Waals surface area (Å²) in [5.74, 6) is 1.80. The van der Waals surface area contributed by atoms with E-state index in [0.29, 0.717) is 34.6 Å². The molecular weight excluding hydrogens is 376 g/mol. The summed E-state index contributed by atoms with van der Waals surface area (Å²) in [4.78, 5) is 27.9. The molecule has 0 bridgehead atoms. The minimum absolute atomic E-state index is 0.00886. The van der Waals surface area contributed by atoms with Gasteiger partial charge >= 0.3 is 0 Å². The normalized spacial score (nSPS) is 16.2. The molecule has 7 nitrogen and oxygen atoms in total. The molecule has 1 saturated heterocycles. The molecule has 4 rings (SSSR count). The highest BCUT2D eigenvalue weighted by Crippen LogP contribution is 2.37. The summed E-state index contributed by atoms with van der Waals surface area (Å²) in [5.41, 5.74) is 1.46. The van der Waals surface area contributed by atoms with Gasteiger partial charge in [0.25, 0.3) is 5.91 Å². The van der Waals surface area contributed by atoms with E-state index in [4.69, 9.17) is 9.47 Å². The summed E-state index contributed by atoms with van der Waals surface area (Å²) in [6.07, 6.45) is 5.18. The highest BCUT2D eigenvalue weighted by Gasteiger charge is 2.32. The van der Waals surface area contributed by atoms with E-state index in [2.05, 4.69) is 15.0 Å². The first kappa shape index (κ1) is 18.4. The first-order chi connectivity index (χ1) is 13.7. The molecule has 0 aliphatic carbocycles. The average molecular weight is 396 g/mol. The molecular formula is C20H20N4O3S. The van der Waals surface area contributed by atoms with E-state index in [1.165, 1.54) is 11.3 Å². The van der Waals surface area contributed by atoms with Gasteiger partial charge in [-0.1, -0.05) is 6.07 Å². The zero-order valence-corrected chi connectivity index (χ0v) is 16.5. The lowest BCUT2D eigenvalue weighted by atomic mass is 10.0. The number of aromatic nitrogens is 3. The summed E-state index contributed by atoms with van der Waals surface area (Å²) in [7, 11) is 3.22. The molecule has 1 atom stereocenters. The topological polar surface area (TPSA) is 77.4 Å². The van der Waals surface area contributed by atoms with Crippen molar-refractivity contribution in [3.05, 3.63) is 53.3 Å². The fourth-order valence-corrected chi connectivity index (χ4v) is 4.19. The molecule has 0 spiro atoms. The van der Waals surface area contributed by atoms with E-state index < -0.39 is 0 Å². The van der Waals surface area contributed by atoms with E-state index in [1.807, 2.05) is 23.1 Å². The molecule has 28 heavy (non-hydrogen) atoms. The van der Waals surface area contributed by atoms with Gasteiger partial charge in [0.15, 0.2) is 22.3 Å². The molecule has 3 aromatic rings. The lowest BCUT2D eigenvalue weighted by Crippen LogP contribution is -2.30. The number of amides is 1. The molecule has 144 valence electrons. The number of methoxy groups -OCH3 is 2. The van der Waals surface area contributed by atoms with Crippen LogP contribution in [0, 0.1) is 0 Å². The quantitative estimate of drug-likeness (QED) is 0.656. The molecule has 1 amide bonds. The van der Waals surface area contributed by atoms with E-state index in [9.17, 15) is 4.79 Å². The van der Waals surface area contributed by atoms with Gasteiger partial charge in [-0.2, -0.15) is 0 Å². The van der Waals surface area contributed by atoms with Crippen LogP contribution in [0.5, 0.6) is 11.5 Å². The fourth-order valence-electron chi connectivity index (χ4n) is 3.45. The molecule has 2 aromatic heterocycles. The number of thiazole rings is 1. The van der Waals surface area contributed by atoms with Crippen LogP contribution in [-0.4, -0.2) is 46.5 Å². The smallest absolute Gasteiger partial charge is 0.273 e. The highest BCUT2D eigenvalue weighted by molar-refractivity contribution is 7.13. The van der Waals surface area contributed by atoms with E-state index in [-0.39, 0.29) is 11.9 Å². The van der Waals surface area contributed by atoms with Crippen molar-refractivity contribution in [1.29, 1.82) is 0 Å². The predicted molar refractivity (Wildman–Crippen MR) is 106 cm³/mol. The number of carbonyl (C=O) groups is 1. The van der Waals surface area contributed by atoms with Crippen LogP contribution in [-0.2, 0) is 0 Å². The summed E-state index contributed by atoms with van der Waals surface area (Å²) in [5, 5.41) is 2.42. The van der Waals surface area contributed by atoms with Crippen molar-refractivity contribution < 1.29 is 14.3 Å². The fraction of sp³-hybridized carbons (Fsp3) is 0.300. The second kappa shape index (κ2) is 7.93. The van der Waals surface area contributed by atoms with E-state index in [1.54, 1.807) is 38.1 Å². The first-order valence-corrected chi connectivity index (χ1v) is 9.85. The molecule has 1 aliphatic rings. The Kier molecular flexibility index (Phi) is 5.21. The SMILES string of the molecule is COc1ccc(C2CCCN2C(=O)c2csc(-c3ncccn3)n2)cc1OC. The van der Waals surface area contributed by atoms with Gasteiger partial charge in [-0.15, -0.1) is 11.3 Å². The Morgan fingerprint density at radius 2 is 1.96 bits per heavy atom. The molecule has 1 fully saturated rings. The minimum atomic E-state index is -0.0734. The number of rotatable bonds is 5. The van der Waals surface area contributed by atoms with Crippen LogP contribution in [0.2, 0.25) is 0 Å². The third-order valence-electron chi connectivity index (χ3n) is 4.79. The van der Waals surface area contributed by atoms with E-state index >= 15 is 0 Å². The number of nitrogens with zero attached hydrogens (tertiary/aromatic N) is 4. The summed E-state index contributed by atoms with van der Waals surface area (Å²) < 4.78 is 10.7. The van der Waals surface area contributed by atoms with Crippen LogP contribution in [0.3, 0.4) is 0 Å². The monoisotopic (exact) mass is 396 g/mol. The predicted octanol–water partition coefficient (Wildman–Crippen LogP) is 3.59. The largest absolute Gasteiger partial charge is 0.493 e. The second-order valence-electron chi connectivity index (χ2n) is 6.38. The Hall–Kier alpha value is -3.00. The van der Waals surface area contributed by atoms with Crippen LogP contribution in [0.15, 0.2) is 42.0 Å². The van der Waals surface area contributed by atoms with Crippen molar-refractivity contribution in [2.45, 2.75) is 18.9 Å². The van der Waals surface area contributed by atoms with E-state index in [0.717, 1.165) is 18.4 Å². The molecule has 1 aliphatic heterocycles. The molecule has 1 aromatic carbocycles. The van der Waals surface area contributed by atoms with Crippen LogP contribution in [0.25, 0.3) is 10.8 Å². The number of benzene rings is 1. The van der Waals surface area contributed by atoms with Gasteiger partial charge < -0.3 is 14.4 Å². The van der Waals surface area contributed by atoms with Crippen molar-refractivity contribution >= 4 is 17.2 Å². The zero-order chi connectivity index (χ0) is 19.5. The maximum atomic E-state index is 13.1. The maximum absolute atomic E-state index is 13.1. The molecule has 0 radical (unpaired) electrons. The molecule has 0 N–H and O–H groups in total. The third-order valence-corrected chi connectivity index (χ3v) is 5.62. The Labute approximate surface area is 167 Å². The number of hydrogen-bond acceptors (Lipinski definition) is 7. The van der Waals surface area contributed by atoms with Gasteiger partial charge in [-0.3, -0.25) is 4.79 Å². The van der Waals surface area contributed by atoms with Crippen molar-refractivity contribution in [2.24, 2.45) is 0 Å². The Bertz CT molecular complexity index is 977. The van der Waals surface area contributed by atoms with Crippen molar-refractivity contribution in [1.82, 2.24) is 19.9 Å². The molecule has 1 unspecified atom stereocenters. The number of hydrogen-bond donors (Lipinski definition) is 0. The summed E-state index contributed by atoms with van der Waals surface area (Å²) in [6, 6.07) is 7.55. The van der Waals surface area contributed by atoms with Crippen LogP contribution in [0.4, 0.5) is 0 Å². The number of carbonyl (C=O) groups excluding carboxylic acids is 1. The van der Waals surface area contributed by atoms with Gasteiger partial charge in [0.2, 0.25) is 0 Å². The number of ether oxygens (including phenoxy) is 2. The lowest BCUT2D eigenvalue weighted by Gasteiger charge is -2.25. The minimum Gasteiger partial charge on any atom is -0.493 e.